The molecule has 1 aliphatic carbocycles. The maximum absolute atomic E-state index is 13.2. The largest absolute Gasteiger partial charge is 0.493 e. The number of allylic oxidation sites excluding steroid dienone is 1. The van der Waals surface area contributed by atoms with Crippen LogP contribution in [0.1, 0.15) is 73.1 Å². The van der Waals surface area contributed by atoms with Gasteiger partial charge < -0.3 is 44.6 Å². The van der Waals surface area contributed by atoms with Crippen LogP contribution in [0, 0.1) is 0 Å². The Labute approximate surface area is 307 Å². The van der Waals surface area contributed by atoms with Gasteiger partial charge in [0.2, 0.25) is 17.5 Å². The normalized spacial score (nSPS) is 12.3. The Balaban J connectivity index is 1.08. The van der Waals surface area contributed by atoms with E-state index in [0.29, 0.717) is 59.0 Å². The summed E-state index contributed by atoms with van der Waals surface area (Å²) in [5.74, 6) is -2.18. The predicted molar refractivity (Wildman–Crippen MR) is 200 cm³/mol. The lowest BCUT2D eigenvalue weighted by atomic mass is 9.94. The number of Topliss-reactive ketones (excluding diaryl/α,β-unsaturated/α-hetero) is 1. The monoisotopic (exact) mass is 724 g/mol. The third-order valence-electron chi connectivity index (χ3n) is 8.56. The number of carbonyl (C=O) groups excluding carboxylic acids is 6. The molecule has 0 fully saturated rings. The Kier molecular flexibility index (Phi) is 12.1. The van der Waals surface area contributed by atoms with E-state index >= 15 is 0 Å². The molecule has 0 radical (unpaired) electrons. The molecule has 278 valence electrons. The molecule has 1 aromatic carbocycles. The minimum Gasteiger partial charge on any atom is -0.493 e. The molecule has 3 heterocycles. The summed E-state index contributed by atoms with van der Waals surface area (Å²) >= 11 is 0. The molecule has 0 saturated carbocycles. The summed E-state index contributed by atoms with van der Waals surface area (Å²) in [5, 5.41) is 11.3. The van der Waals surface area contributed by atoms with Crippen LogP contribution in [0.15, 0.2) is 67.1 Å². The lowest BCUT2D eigenvalue weighted by Gasteiger charge is -2.16. The van der Waals surface area contributed by atoms with Crippen molar-refractivity contribution >= 4 is 58.0 Å². The number of nitrogens with one attached hydrogen (secondary N) is 4. The van der Waals surface area contributed by atoms with Gasteiger partial charge in [0.25, 0.3) is 17.7 Å². The number of aromatic nitrogens is 3. The number of hydrogen-bond acceptors (Lipinski definition) is 8. The van der Waals surface area contributed by atoms with E-state index in [9.17, 15) is 28.8 Å². The zero-order valence-electron chi connectivity index (χ0n) is 30.4. The number of hydrogen-bond donors (Lipinski definition) is 4. The average molecular weight is 725 g/mol. The third kappa shape index (κ3) is 9.56. The Morgan fingerprint density at radius 3 is 1.79 bits per heavy atom. The fourth-order valence-electron chi connectivity index (χ4n) is 5.86. The molecule has 15 heteroatoms. The molecule has 0 unspecified atom stereocenters. The van der Waals surface area contributed by atoms with E-state index in [-0.39, 0.29) is 36.2 Å². The Morgan fingerprint density at radius 1 is 0.698 bits per heavy atom. The number of fused-ring (bicyclic) bond motifs is 1. The predicted octanol–water partition coefficient (Wildman–Crippen LogP) is 3.82. The van der Waals surface area contributed by atoms with Crippen molar-refractivity contribution in [3.63, 3.8) is 0 Å². The molecule has 4 N–H and O–H groups in total. The van der Waals surface area contributed by atoms with Crippen LogP contribution in [0.5, 0.6) is 0 Å². The first-order valence-electron chi connectivity index (χ1n) is 17.2. The smallest absolute Gasteiger partial charge is 0.272 e. The van der Waals surface area contributed by atoms with Crippen LogP contribution in [0.4, 0.5) is 17.1 Å². The highest BCUT2D eigenvalue weighted by molar-refractivity contribution is 6.50. The van der Waals surface area contributed by atoms with E-state index in [1.807, 2.05) is 19.0 Å². The molecule has 0 atom stereocenters. The minimum atomic E-state index is -0.627. The number of aryl methyl sites for hydroxylation is 3. The number of unbranched alkanes of at least 4 members (excludes halogenated alkanes) is 1. The van der Waals surface area contributed by atoms with E-state index in [0.717, 1.165) is 13.0 Å². The van der Waals surface area contributed by atoms with Crippen molar-refractivity contribution in [2.24, 2.45) is 21.1 Å². The molecule has 0 spiro atoms. The van der Waals surface area contributed by atoms with Crippen LogP contribution >= 0.6 is 0 Å². The summed E-state index contributed by atoms with van der Waals surface area (Å²) in [7, 11) is 9.03. The molecule has 53 heavy (non-hydrogen) atoms. The highest BCUT2D eigenvalue weighted by Crippen LogP contribution is 2.26. The van der Waals surface area contributed by atoms with Gasteiger partial charge in [0.05, 0.1) is 23.7 Å². The molecule has 15 nitrogen and oxygen atoms in total. The average Bonchev–Trinajstić information content (AvgIpc) is 3.79. The molecular formula is C38H44N8O7. The fourth-order valence-corrected chi connectivity index (χ4v) is 5.86. The van der Waals surface area contributed by atoms with E-state index in [2.05, 4.69) is 21.3 Å². The van der Waals surface area contributed by atoms with Gasteiger partial charge in [0, 0.05) is 69.9 Å². The molecule has 0 saturated heterocycles. The highest BCUT2D eigenvalue weighted by Gasteiger charge is 2.26. The van der Waals surface area contributed by atoms with E-state index in [1.54, 1.807) is 95.9 Å². The summed E-state index contributed by atoms with van der Waals surface area (Å²) in [5.41, 5.74) is 3.16. The molecule has 0 bridgehead atoms. The molecular weight excluding hydrogens is 680 g/mol. The summed E-state index contributed by atoms with van der Waals surface area (Å²) in [6.07, 6.45) is 8.16. The number of nitrogens with zero attached hydrogens (tertiary/aromatic N) is 4. The number of benzene rings is 1. The first-order chi connectivity index (χ1) is 25.3. The number of anilines is 3. The van der Waals surface area contributed by atoms with Crippen molar-refractivity contribution in [3.8, 4) is 0 Å². The van der Waals surface area contributed by atoms with Gasteiger partial charge in [-0.3, -0.25) is 28.8 Å². The van der Waals surface area contributed by atoms with Gasteiger partial charge in [0.15, 0.2) is 0 Å². The van der Waals surface area contributed by atoms with Crippen LogP contribution in [-0.4, -0.2) is 87.6 Å². The van der Waals surface area contributed by atoms with E-state index in [4.69, 9.17) is 4.74 Å². The standard InChI is InChI=1S/C38H44N8O7/c1-43(2)15-10-14-39-36(50)29-18-25(22-44(29)3)41-38(52)31-19-26(23-46(31)5)42-37(51)30-17-24(21-45(30)4)40-34(48)13-8-9-16-53-33-20-32(47)35(49)28-12-7-6-11-27(28)33/h6-7,11-12,17-23H,8-10,13-16H2,1-5H3,(H,39,50)(H,40,48)(H,41,52)(H,42,51). The first-order valence-corrected chi connectivity index (χ1v) is 17.2. The second kappa shape index (κ2) is 16.9. The van der Waals surface area contributed by atoms with Crippen LogP contribution in [0.2, 0.25) is 0 Å². The molecule has 4 amide bonds. The summed E-state index contributed by atoms with van der Waals surface area (Å²) < 4.78 is 10.6. The third-order valence-corrected chi connectivity index (χ3v) is 8.56. The number of ether oxygens (including phenoxy) is 1. The first kappa shape index (κ1) is 38.0. The summed E-state index contributed by atoms with van der Waals surface area (Å²) in [6, 6.07) is 11.5. The van der Waals surface area contributed by atoms with Crippen molar-refractivity contribution in [3.05, 3.63) is 95.3 Å². The fraction of sp³-hybridized carbons (Fsp3) is 0.316. The quantitative estimate of drug-likeness (QED) is 0.0996. The van der Waals surface area contributed by atoms with Gasteiger partial charge in [-0.15, -0.1) is 0 Å². The summed E-state index contributed by atoms with van der Waals surface area (Å²) in [4.78, 5) is 77.8. The van der Waals surface area contributed by atoms with Crippen molar-refractivity contribution in [1.82, 2.24) is 23.9 Å². The van der Waals surface area contributed by atoms with Gasteiger partial charge in [-0.1, -0.05) is 24.3 Å². The number of rotatable bonds is 16. The van der Waals surface area contributed by atoms with Gasteiger partial charge in [-0.25, -0.2) is 0 Å². The Bertz CT molecular complexity index is 2080. The zero-order valence-corrected chi connectivity index (χ0v) is 30.4. The van der Waals surface area contributed by atoms with Crippen LogP contribution in [0.3, 0.4) is 0 Å². The Morgan fingerprint density at radius 2 is 1.23 bits per heavy atom. The van der Waals surface area contributed by atoms with Crippen molar-refractivity contribution in [1.29, 1.82) is 0 Å². The lowest BCUT2D eigenvalue weighted by molar-refractivity contribution is -0.116. The van der Waals surface area contributed by atoms with E-state index < -0.39 is 23.4 Å². The maximum atomic E-state index is 13.2. The maximum Gasteiger partial charge on any atom is 0.272 e. The van der Waals surface area contributed by atoms with E-state index in [1.165, 1.54) is 6.08 Å². The molecule has 5 rings (SSSR count). The van der Waals surface area contributed by atoms with Gasteiger partial charge in [-0.05, 0) is 58.1 Å². The highest BCUT2D eigenvalue weighted by atomic mass is 16.5. The second-order valence-electron chi connectivity index (χ2n) is 13.1. The van der Waals surface area contributed by atoms with Crippen molar-refractivity contribution in [2.45, 2.75) is 25.7 Å². The lowest BCUT2D eigenvalue weighted by Crippen LogP contribution is -2.28. The minimum absolute atomic E-state index is 0.205. The number of amides is 4. The van der Waals surface area contributed by atoms with Gasteiger partial charge in [0.1, 0.15) is 22.8 Å². The van der Waals surface area contributed by atoms with Gasteiger partial charge in [-0.2, -0.15) is 0 Å². The van der Waals surface area contributed by atoms with Crippen molar-refractivity contribution < 1.29 is 33.5 Å². The molecule has 4 aromatic rings. The number of ketones is 2. The van der Waals surface area contributed by atoms with Gasteiger partial charge >= 0.3 is 0 Å². The second-order valence-corrected chi connectivity index (χ2v) is 13.1. The van der Waals surface area contributed by atoms with Crippen LogP contribution in [0.25, 0.3) is 5.76 Å². The summed E-state index contributed by atoms with van der Waals surface area (Å²) in [6.45, 7) is 1.65. The topological polar surface area (TPSA) is 178 Å². The van der Waals surface area contributed by atoms with Crippen LogP contribution in [-0.2, 0) is 35.5 Å². The SMILES string of the molecule is CN(C)CCCNC(=O)c1cc(NC(=O)c2cc(NC(=O)c3cc(NC(=O)CCCCOC4=CC(=O)C(=O)c5ccccc54)cn3C)cn2C)cn1C. The van der Waals surface area contributed by atoms with Crippen molar-refractivity contribution in [2.75, 3.05) is 49.7 Å². The zero-order chi connectivity index (χ0) is 38.2. The Hall–Kier alpha value is -6.22. The van der Waals surface area contributed by atoms with Crippen LogP contribution < -0.4 is 21.3 Å². The molecule has 1 aliphatic rings. The molecule has 3 aromatic heterocycles. The number of carbonyl (C=O) groups is 6. The molecule has 0 aliphatic heterocycles.